The second-order valence-corrected chi connectivity index (χ2v) is 7.27. The molecule has 0 unspecified atom stereocenters. The van der Waals surface area contributed by atoms with E-state index in [9.17, 15) is 9.18 Å². The lowest BCUT2D eigenvalue weighted by Gasteiger charge is -2.16. The van der Waals surface area contributed by atoms with Crippen LogP contribution in [0, 0.1) is 5.82 Å². The molecule has 0 radical (unpaired) electrons. The Morgan fingerprint density at radius 3 is 2.74 bits per heavy atom. The van der Waals surface area contributed by atoms with E-state index in [0.29, 0.717) is 16.0 Å². The van der Waals surface area contributed by atoms with Crippen LogP contribution in [0.2, 0.25) is 5.02 Å². The maximum absolute atomic E-state index is 13.6. The highest BCUT2D eigenvalue weighted by molar-refractivity contribution is 7.99. The molecule has 0 aliphatic carbocycles. The first-order valence-corrected chi connectivity index (χ1v) is 8.13. The molecule has 0 bridgehead atoms. The van der Waals surface area contributed by atoms with Crippen LogP contribution in [0.25, 0.3) is 0 Å². The normalized spacial score (nSPS) is 11.5. The van der Waals surface area contributed by atoms with Crippen molar-refractivity contribution >= 4 is 35.0 Å². The fraction of sp³-hybridized carbons (Fsp3) is 0.357. The number of aromatic nitrogens is 3. The van der Waals surface area contributed by atoms with Gasteiger partial charge >= 0.3 is 0 Å². The summed E-state index contributed by atoms with van der Waals surface area (Å²) >= 11 is 6.90. The number of anilines is 1. The van der Waals surface area contributed by atoms with Crippen molar-refractivity contribution in [3.8, 4) is 0 Å². The Bertz CT molecular complexity index is 728. The molecular weight excluding hydrogens is 341 g/mol. The first-order valence-electron chi connectivity index (χ1n) is 6.77. The highest BCUT2D eigenvalue weighted by atomic mass is 35.5. The minimum atomic E-state index is -0.551. The Morgan fingerprint density at radius 2 is 2.13 bits per heavy atom. The maximum Gasteiger partial charge on any atom is 0.234 e. The lowest BCUT2D eigenvalue weighted by molar-refractivity contribution is -0.113. The Labute approximate surface area is 142 Å². The highest BCUT2D eigenvalue weighted by Gasteiger charge is 2.23. The maximum atomic E-state index is 13.6. The molecule has 0 aliphatic rings. The van der Waals surface area contributed by atoms with Gasteiger partial charge in [-0.3, -0.25) is 4.79 Å². The number of benzene rings is 1. The predicted octanol–water partition coefficient (Wildman–Crippen LogP) is 2.81. The predicted molar refractivity (Wildman–Crippen MR) is 89.6 cm³/mol. The number of rotatable bonds is 4. The molecular formula is C14H17ClFN5OS. The number of hydrogen-bond acceptors (Lipinski definition) is 5. The fourth-order valence-electron chi connectivity index (χ4n) is 1.80. The molecule has 0 aliphatic heterocycles. The third kappa shape index (κ3) is 4.35. The Hall–Kier alpha value is -1.80. The third-order valence-corrected chi connectivity index (χ3v) is 4.05. The van der Waals surface area contributed by atoms with Gasteiger partial charge < -0.3 is 11.2 Å². The summed E-state index contributed by atoms with van der Waals surface area (Å²) in [5.41, 5.74) is -0.222. The second-order valence-electron chi connectivity index (χ2n) is 5.89. The summed E-state index contributed by atoms with van der Waals surface area (Å²) in [6.07, 6.45) is 0. The van der Waals surface area contributed by atoms with E-state index in [2.05, 4.69) is 15.5 Å². The minimum absolute atomic E-state index is 0.0193. The van der Waals surface area contributed by atoms with E-state index in [1.165, 1.54) is 22.9 Å². The SMILES string of the molecule is CC(C)(C)c1nnc(SCC(=O)Nc2cc(Cl)ccc2F)n1N. The van der Waals surface area contributed by atoms with Crippen molar-refractivity contribution in [2.75, 3.05) is 16.9 Å². The zero-order valence-electron chi connectivity index (χ0n) is 12.9. The van der Waals surface area contributed by atoms with Gasteiger partial charge in [0, 0.05) is 10.4 Å². The molecule has 124 valence electrons. The summed E-state index contributed by atoms with van der Waals surface area (Å²) in [6.45, 7) is 5.89. The molecule has 9 heteroatoms. The minimum Gasteiger partial charge on any atom is -0.336 e. The molecule has 0 saturated heterocycles. The number of carbonyl (C=O) groups excluding carboxylic acids is 1. The molecule has 0 spiro atoms. The van der Waals surface area contributed by atoms with Crippen LogP contribution < -0.4 is 11.2 Å². The van der Waals surface area contributed by atoms with Gasteiger partial charge in [-0.15, -0.1) is 10.2 Å². The van der Waals surface area contributed by atoms with Crippen molar-refractivity contribution in [1.29, 1.82) is 0 Å². The summed E-state index contributed by atoms with van der Waals surface area (Å²) in [7, 11) is 0. The summed E-state index contributed by atoms with van der Waals surface area (Å²) < 4.78 is 14.9. The summed E-state index contributed by atoms with van der Waals surface area (Å²) in [4.78, 5) is 11.9. The molecule has 6 nitrogen and oxygen atoms in total. The van der Waals surface area contributed by atoms with Crippen molar-refractivity contribution in [2.45, 2.75) is 31.3 Å². The second kappa shape index (κ2) is 6.76. The molecule has 1 aromatic carbocycles. The van der Waals surface area contributed by atoms with Crippen LogP contribution in [0.5, 0.6) is 0 Å². The number of nitrogens with two attached hydrogens (primary N) is 1. The Morgan fingerprint density at radius 1 is 1.43 bits per heavy atom. The van der Waals surface area contributed by atoms with Gasteiger partial charge in [-0.2, -0.15) is 0 Å². The lowest BCUT2D eigenvalue weighted by atomic mass is 9.96. The smallest absolute Gasteiger partial charge is 0.234 e. The van der Waals surface area contributed by atoms with Gasteiger partial charge in [0.05, 0.1) is 11.4 Å². The van der Waals surface area contributed by atoms with E-state index >= 15 is 0 Å². The van der Waals surface area contributed by atoms with Crippen LogP contribution in [0.1, 0.15) is 26.6 Å². The van der Waals surface area contributed by atoms with Gasteiger partial charge in [-0.05, 0) is 18.2 Å². The van der Waals surface area contributed by atoms with E-state index in [1.54, 1.807) is 0 Å². The zero-order valence-corrected chi connectivity index (χ0v) is 14.5. The van der Waals surface area contributed by atoms with Crippen LogP contribution in [0.3, 0.4) is 0 Å². The van der Waals surface area contributed by atoms with Crippen LogP contribution >= 0.6 is 23.4 Å². The van der Waals surface area contributed by atoms with E-state index in [-0.39, 0.29) is 16.9 Å². The lowest BCUT2D eigenvalue weighted by Crippen LogP contribution is -2.24. The molecule has 1 heterocycles. The first-order chi connectivity index (χ1) is 10.7. The third-order valence-electron chi connectivity index (χ3n) is 2.87. The highest BCUT2D eigenvalue weighted by Crippen LogP contribution is 2.24. The number of nitrogens with zero attached hydrogens (tertiary/aromatic N) is 3. The largest absolute Gasteiger partial charge is 0.336 e. The van der Waals surface area contributed by atoms with Crippen LogP contribution in [-0.2, 0) is 10.2 Å². The van der Waals surface area contributed by atoms with Crippen molar-refractivity contribution in [3.05, 3.63) is 34.9 Å². The van der Waals surface area contributed by atoms with Crippen molar-refractivity contribution < 1.29 is 9.18 Å². The first kappa shape index (κ1) is 17.6. The molecule has 0 fully saturated rings. The Balaban J connectivity index is 2.00. The van der Waals surface area contributed by atoms with E-state index in [1.807, 2.05) is 20.8 Å². The van der Waals surface area contributed by atoms with Gasteiger partial charge in [-0.1, -0.05) is 44.1 Å². The molecule has 2 aromatic rings. The monoisotopic (exact) mass is 357 g/mol. The van der Waals surface area contributed by atoms with E-state index < -0.39 is 11.7 Å². The van der Waals surface area contributed by atoms with Crippen molar-refractivity contribution in [1.82, 2.24) is 14.9 Å². The molecule has 1 aromatic heterocycles. The number of carbonyl (C=O) groups is 1. The standard InChI is InChI=1S/C14H17ClFN5OS/c1-14(2,3)12-19-20-13(21(12)17)23-7-11(22)18-10-6-8(15)4-5-9(10)16/h4-6H,7,17H2,1-3H3,(H,18,22). The van der Waals surface area contributed by atoms with Crippen LogP contribution in [0.15, 0.2) is 23.4 Å². The quantitative estimate of drug-likeness (QED) is 0.649. The fourth-order valence-corrected chi connectivity index (χ4v) is 2.63. The number of thioether (sulfide) groups is 1. The number of amides is 1. The topological polar surface area (TPSA) is 85.8 Å². The summed E-state index contributed by atoms with van der Waals surface area (Å²) in [5.74, 6) is 5.62. The average molecular weight is 358 g/mol. The molecule has 0 atom stereocenters. The molecule has 23 heavy (non-hydrogen) atoms. The van der Waals surface area contributed by atoms with E-state index in [4.69, 9.17) is 17.4 Å². The summed E-state index contributed by atoms with van der Waals surface area (Å²) in [6, 6.07) is 3.95. The van der Waals surface area contributed by atoms with Gasteiger partial charge in [-0.25, -0.2) is 9.07 Å². The number of halogens is 2. The van der Waals surface area contributed by atoms with Gasteiger partial charge in [0.15, 0.2) is 5.82 Å². The van der Waals surface area contributed by atoms with Gasteiger partial charge in [0.1, 0.15) is 5.82 Å². The molecule has 1 amide bonds. The molecule has 2 rings (SSSR count). The van der Waals surface area contributed by atoms with Crippen LogP contribution in [-0.4, -0.2) is 26.5 Å². The average Bonchev–Trinajstić information content (AvgIpc) is 2.82. The summed E-state index contributed by atoms with van der Waals surface area (Å²) in [5, 5.41) is 11.2. The van der Waals surface area contributed by atoms with Crippen LogP contribution in [0.4, 0.5) is 10.1 Å². The number of nitrogens with one attached hydrogen (secondary N) is 1. The zero-order chi connectivity index (χ0) is 17.2. The van der Waals surface area contributed by atoms with Crippen molar-refractivity contribution in [2.24, 2.45) is 0 Å². The number of nitrogen functional groups attached to an aromatic ring is 1. The van der Waals surface area contributed by atoms with Gasteiger partial charge in [0.25, 0.3) is 0 Å². The van der Waals surface area contributed by atoms with E-state index in [0.717, 1.165) is 11.8 Å². The van der Waals surface area contributed by atoms with Crippen molar-refractivity contribution in [3.63, 3.8) is 0 Å². The molecule has 0 saturated carbocycles. The number of hydrogen-bond donors (Lipinski definition) is 2. The Kier molecular flexibility index (Phi) is 5.16. The van der Waals surface area contributed by atoms with Gasteiger partial charge in [0.2, 0.25) is 11.1 Å². The molecule has 3 N–H and O–H groups in total.